The lowest BCUT2D eigenvalue weighted by atomic mass is 10.0. The van der Waals surface area contributed by atoms with Crippen LogP contribution in [0, 0.1) is 11.5 Å². The number of ether oxygens (including phenoxy) is 3. The minimum Gasteiger partial charge on any atom is -0.421 e. The van der Waals surface area contributed by atoms with Crippen LogP contribution in [0.4, 0.5) is 0 Å². The second kappa shape index (κ2) is 10.6. The van der Waals surface area contributed by atoms with Crippen LogP contribution in [0.5, 0.6) is 0 Å². The third kappa shape index (κ3) is 9.67. The standard InChI is InChI=1S/C17H27N5O5/c1-16(2,19-15(24)11-25-8-7-23)12-27-17(3,4)5-6-22-9-14(20-21-22)10-26-13-18/h7,9H,5-6,8,10-12H2,1-4H3,(H,19,24). The Morgan fingerprint density at radius 2 is 2.15 bits per heavy atom. The number of hydrogen-bond donors (Lipinski definition) is 1. The van der Waals surface area contributed by atoms with E-state index in [-0.39, 0.29) is 25.7 Å². The largest absolute Gasteiger partial charge is 0.421 e. The summed E-state index contributed by atoms with van der Waals surface area (Å²) in [6, 6.07) is 0. The molecule has 1 N–H and O–H groups in total. The van der Waals surface area contributed by atoms with Gasteiger partial charge in [0.1, 0.15) is 31.8 Å². The highest BCUT2D eigenvalue weighted by molar-refractivity contribution is 5.78. The Morgan fingerprint density at radius 3 is 2.81 bits per heavy atom. The Balaban J connectivity index is 2.40. The van der Waals surface area contributed by atoms with Gasteiger partial charge in [0, 0.05) is 6.54 Å². The lowest BCUT2D eigenvalue weighted by Crippen LogP contribution is -2.50. The van der Waals surface area contributed by atoms with Gasteiger partial charge in [0.05, 0.1) is 23.9 Å². The van der Waals surface area contributed by atoms with Crippen molar-refractivity contribution < 1.29 is 23.8 Å². The van der Waals surface area contributed by atoms with Crippen molar-refractivity contribution >= 4 is 12.2 Å². The molecule has 1 aromatic rings. The average molecular weight is 381 g/mol. The van der Waals surface area contributed by atoms with Crippen molar-refractivity contribution in [3.05, 3.63) is 11.9 Å². The third-order valence-corrected chi connectivity index (χ3v) is 3.53. The molecule has 0 aliphatic rings. The van der Waals surface area contributed by atoms with E-state index >= 15 is 0 Å². The molecule has 1 rings (SSSR count). The van der Waals surface area contributed by atoms with Crippen molar-refractivity contribution in [2.24, 2.45) is 0 Å². The van der Waals surface area contributed by atoms with Crippen LogP contribution in [0.1, 0.15) is 39.8 Å². The number of nitriles is 1. The molecular weight excluding hydrogens is 354 g/mol. The van der Waals surface area contributed by atoms with E-state index in [9.17, 15) is 9.59 Å². The van der Waals surface area contributed by atoms with Crippen LogP contribution in [0.15, 0.2) is 6.20 Å². The van der Waals surface area contributed by atoms with Gasteiger partial charge >= 0.3 is 0 Å². The minimum absolute atomic E-state index is 0.0981. The zero-order chi connectivity index (χ0) is 20.3. The molecule has 1 heterocycles. The van der Waals surface area contributed by atoms with Gasteiger partial charge in [-0.1, -0.05) is 5.21 Å². The smallest absolute Gasteiger partial charge is 0.286 e. The summed E-state index contributed by atoms with van der Waals surface area (Å²) >= 11 is 0. The normalized spacial score (nSPS) is 11.7. The fraction of sp³-hybridized carbons (Fsp3) is 0.706. The summed E-state index contributed by atoms with van der Waals surface area (Å²) < 4.78 is 17.1. The second-order valence-corrected chi connectivity index (χ2v) is 7.27. The Hall–Kier alpha value is -2.51. The summed E-state index contributed by atoms with van der Waals surface area (Å²) in [6.07, 6.45) is 4.57. The molecule has 0 aliphatic heterocycles. The van der Waals surface area contributed by atoms with Crippen LogP contribution in [-0.4, -0.2) is 58.1 Å². The number of carbonyl (C=O) groups is 2. The number of aromatic nitrogens is 3. The molecule has 10 heteroatoms. The molecule has 1 amide bonds. The van der Waals surface area contributed by atoms with Crippen LogP contribution in [-0.2, 0) is 37.0 Å². The van der Waals surface area contributed by atoms with Gasteiger partial charge in [-0.15, -0.1) is 5.10 Å². The van der Waals surface area contributed by atoms with Gasteiger partial charge in [0.2, 0.25) is 5.91 Å². The molecule has 0 radical (unpaired) electrons. The first-order valence-electron chi connectivity index (χ1n) is 8.54. The van der Waals surface area contributed by atoms with Crippen LogP contribution >= 0.6 is 0 Å². The van der Waals surface area contributed by atoms with Crippen LogP contribution < -0.4 is 5.32 Å². The summed E-state index contributed by atoms with van der Waals surface area (Å²) in [4.78, 5) is 22.0. The number of aryl methyl sites for hydroxylation is 1. The average Bonchev–Trinajstić information content (AvgIpc) is 3.05. The summed E-state index contributed by atoms with van der Waals surface area (Å²) in [5.41, 5.74) is -0.463. The molecule has 10 nitrogen and oxygen atoms in total. The molecule has 27 heavy (non-hydrogen) atoms. The maximum absolute atomic E-state index is 11.8. The van der Waals surface area contributed by atoms with E-state index in [1.54, 1.807) is 17.1 Å². The van der Waals surface area contributed by atoms with Crippen molar-refractivity contribution in [2.45, 2.75) is 58.4 Å². The summed E-state index contributed by atoms with van der Waals surface area (Å²) in [7, 11) is 0. The number of carbonyl (C=O) groups excluding carboxylic acids is 2. The lowest BCUT2D eigenvalue weighted by Gasteiger charge is -2.32. The lowest BCUT2D eigenvalue weighted by molar-refractivity contribution is -0.130. The van der Waals surface area contributed by atoms with E-state index in [2.05, 4.69) is 20.4 Å². The molecule has 0 bridgehead atoms. The Morgan fingerprint density at radius 1 is 1.41 bits per heavy atom. The fourth-order valence-corrected chi connectivity index (χ4v) is 2.10. The number of aldehydes is 1. The number of hydrogen-bond acceptors (Lipinski definition) is 8. The predicted octanol–water partition coefficient (Wildman–Crippen LogP) is 0.571. The Bertz CT molecular complexity index is 650. The second-order valence-electron chi connectivity index (χ2n) is 7.27. The van der Waals surface area contributed by atoms with Crippen molar-refractivity contribution in [2.75, 3.05) is 19.8 Å². The number of rotatable bonds is 13. The van der Waals surface area contributed by atoms with Gasteiger partial charge in [-0.3, -0.25) is 9.48 Å². The first-order valence-corrected chi connectivity index (χ1v) is 8.54. The summed E-state index contributed by atoms with van der Waals surface area (Å²) in [6.45, 7) is 8.31. The van der Waals surface area contributed by atoms with E-state index in [1.807, 2.05) is 27.7 Å². The van der Waals surface area contributed by atoms with Gasteiger partial charge in [-0.25, -0.2) is 0 Å². The Labute approximate surface area is 158 Å². The van der Waals surface area contributed by atoms with E-state index in [4.69, 9.17) is 14.7 Å². The van der Waals surface area contributed by atoms with Crippen LogP contribution in [0.2, 0.25) is 0 Å². The van der Waals surface area contributed by atoms with Gasteiger partial charge < -0.3 is 24.3 Å². The topological polar surface area (TPSA) is 128 Å². The molecule has 0 saturated heterocycles. The summed E-state index contributed by atoms with van der Waals surface area (Å²) in [5.74, 6) is -0.307. The molecule has 0 atom stereocenters. The first kappa shape index (κ1) is 22.5. The predicted molar refractivity (Wildman–Crippen MR) is 94.2 cm³/mol. The quantitative estimate of drug-likeness (QED) is 0.298. The molecule has 0 fully saturated rings. The number of amides is 1. The van der Waals surface area contributed by atoms with E-state index in [0.29, 0.717) is 31.6 Å². The molecule has 150 valence electrons. The molecule has 0 spiro atoms. The van der Waals surface area contributed by atoms with E-state index in [0.717, 1.165) is 0 Å². The Kier molecular flexibility index (Phi) is 8.84. The van der Waals surface area contributed by atoms with Crippen molar-refractivity contribution in [3.63, 3.8) is 0 Å². The van der Waals surface area contributed by atoms with Gasteiger partial charge in [0.15, 0.2) is 0 Å². The molecule has 0 saturated carbocycles. The van der Waals surface area contributed by atoms with Gasteiger partial charge in [-0.2, -0.15) is 5.26 Å². The van der Waals surface area contributed by atoms with Crippen LogP contribution in [0.3, 0.4) is 0 Å². The van der Waals surface area contributed by atoms with Crippen LogP contribution in [0.25, 0.3) is 0 Å². The SMILES string of the molecule is CC(C)(COC(C)(C)CCn1cc(COC#N)nn1)NC(=O)COCC=O. The van der Waals surface area contributed by atoms with Crippen molar-refractivity contribution in [1.29, 1.82) is 5.26 Å². The van der Waals surface area contributed by atoms with Gasteiger partial charge in [-0.05, 0) is 34.1 Å². The maximum atomic E-state index is 11.8. The number of nitrogens with zero attached hydrogens (tertiary/aromatic N) is 4. The van der Waals surface area contributed by atoms with E-state index < -0.39 is 11.1 Å². The third-order valence-electron chi connectivity index (χ3n) is 3.53. The highest BCUT2D eigenvalue weighted by Crippen LogP contribution is 2.18. The first-order chi connectivity index (χ1) is 12.7. The zero-order valence-corrected chi connectivity index (χ0v) is 16.2. The highest BCUT2D eigenvalue weighted by atomic mass is 16.5. The van der Waals surface area contributed by atoms with Gasteiger partial charge in [0.25, 0.3) is 6.26 Å². The zero-order valence-electron chi connectivity index (χ0n) is 16.2. The molecule has 0 aromatic carbocycles. The summed E-state index contributed by atoms with van der Waals surface area (Å²) in [5, 5.41) is 19.1. The molecule has 0 aliphatic carbocycles. The monoisotopic (exact) mass is 381 g/mol. The van der Waals surface area contributed by atoms with Crippen molar-refractivity contribution in [3.8, 4) is 6.26 Å². The van der Waals surface area contributed by atoms with E-state index in [1.165, 1.54) is 0 Å². The highest BCUT2D eigenvalue weighted by Gasteiger charge is 2.26. The molecular formula is C17H27N5O5. The van der Waals surface area contributed by atoms with Crippen molar-refractivity contribution in [1.82, 2.24) is 20.3 Å². The molecule has 1 aromatic heterocycles. The maximum Gasteiger partial charge on any atom is 0.286 e. The molecule has 0 unspecified atom stereocenters. The number of nitrogens with one attached hydrogen (secondary N) is 1. The minimum atomic E-state index is -0.589. The fourth-order valence-electron chi connectivity index (χ4n) is 2.10.